The molecule has 0 saturated heterocycles. The van der Waals surface area contributed by atoms with Gasteiger partial charge in [-0.2, -0.15) is 0 Å². The molecule has 1 fully saturated rings. The van der Waals surface area contributed by atoms with Gasteiger partial charge in [-0.15, -0.1) is 0 Å². The van der Waals surface area contributed by atoms with E-state index in [1.165, 1.54) is 0 Å². The molecule has 1 rings (SSSR count). The van der Waals surface area contributed by atoms with Crippen molar-refractivity contribution in [2.24, 2.45) is 0 Å². The van der Waals surface area contributed by atoms with Crippen LogP contribution in [0.5, 0.6) is 0 Å². The lowest BCUT2D eigenvalue weighted by Crippen LogP contribution is -2.51. The summed E-state index contributed by atoms with van der Waals surface area (Å²) in [4.78, 5) is 11.4. The quantitative estimate of drug-likeness (QED) is 0.587. The van der Waals surface area contributed by atoms with E-state index in [1.807, 2.05) is 0 Å². The van der Waals surface area contributed by atoms with Crippen LogP contribution in [0.4, 0.5) is 0 Å². The summed E-state index contributed by atoms with van der Waals surface area (Å²) in [6, 6.07) is 0.261. The number of amides is 1. The molecular formula is C10H18BrNO2. The number of alkyl halides is 1. The van der Waals surface area contributed by atoms with Crippen LogP contribution in [0.25, 0.3) is 0 Å². The SMILES string of the molecule is COC1CCC1NC(=O)CCCCBr. The molecule has 1 saturated carbocycles. The number of rotatable bonds is 6. The van der Waals surface area contributed by atoms with Crippen molar-refractivity contribution < 1.29 is 9.53 Å². The van der Waals surface area contributed by atoms with Gasteiger partial charge in [0.15, 0.2) is 0 Å². The van der Waals surface area contributed by atoms with Crippen molar-refractivity contribution in [3.05, 3.63) is 0 Å². The van der Waals surface area contributed by atoms with Crippen molar-refractivity contribution in [2.75, 3.05) is 12.4 Å². The number of unbranched alkanes of at least 4 members (excludes halogenated alkanes) is 1. The lowest BCUT2D eigenvalue weighted by molar-refractivity contribution is -0.124. The third-order valence-electron chi connectivity index (χ3n) is 2.65. The van der Waals surface area contributed by atoms with Gasteiger partial charge in [-0.1, -0.05) is 15.9 Å². The monoisotopic (exact) mass is 263 g/mol. The number of halogens is 1. The van der Waals surface area contributed by atoms with Gasteiger partial charge in [0.1, 0.15) is 0 Å². The van der Waals surface area contributed by atoms with Crippen LogP contribution in [0.2, 0.25) is 0 Å². The first-order valence-corrected chi connectivity index (χ1v) is 6.28. The summed E-state index contributed by atoms with van der Waals surface area (Å²) >= 11 is 3.34. The predicted octanol–water partition coefficient (Wildman–Crippen LogP) is 1.85. The van der Waals surface area contributed by atoms with E-state index in [9.17, 15) is 4.79 Å². The summed E-state index contributed by atoms with van der Waals surface area (Å²) in [6.07, 6.45) is 5.03. The molecule has 0 heterocycles. The molecule has 0 aliphatic heterocycles. The Bertz CT molecular complexity index is 185. The first-order chi connectivity index (χ1) is 6.77. The van der Waals surface area contributed by atoms with Gasteiger partial charge in [-0.3, -0.25) is 4.79 Å². The van der Waals surface area contributed by atoms with Gasteiger partial charge >= 0.3 is 0 Å². The van der Waals surface area contributed by atoms with E-state index in [0.717, 1.165) is 31.0 Å². The van der Waals surface area contributed by atoms with Crippen LogP contribution >= 0.6 is 15.9 Å². The molecule has 82 valence electrons. The first-order valence-electron chi connectivity index (χ1n) is 5.16. The lowest BCUT2D eigenvalue weighted by Gasteiger charge is -2.35. The molecular weight excluding hydrogens is 246 g/mol. The molecule has 0 aromatic carbocycles. The third-order valence-corrected chi connectivity index (χ3v) is 3.21. The van der Waals surface area contributed by atoms with Gasteiger partial charge in [0.2, 0.25) is 5.91 Å². The molecule has 0 aromatic heterocycles. The average molecular weight is 264 g/mol. The standard InChI is InChI=1S/C10H18BrNO2/c1-14-9-6-5-8(9)12-10(13)4-2-3-7-11/h8-9H,2-7H2,1H3,(H,12,13). The van der Waals surface area contributed by atoms with E-state index < -0.39 is 0 Å². The maximum absolute atomic E-state index is 11.4. The molecule has 1 aliphatic carbocycles. The van der Waals surface area contributed by atoms with E-state index in [-0.39, 0.29) is 18.1 Å². The smallest absolute Gasteiger partial charge is 0.220 e. The number of ether oxygens (including phenoxy) is 1. The summed E-state index contributed by atoms with van der Waals surface area (Å²) < 4.78 is 5.20. The summed E-state index contributed by atoms with van der Waals surface area (Å²) in [7, 11) is 1.70. The van der Waals surface area contributed by atoms with Crippen LogP contribution in [0.1, 0.15) is 32.1 Å². The first kappa shape index (κ1) is 12.0. The Morgan fingerprint density at radius 2 is 2.29 bits per heavy atom. The van der Waals surface area contributed by atoms with E-state index in [0.29, 0.717) is 6.42 Å². The van der Waals surface area contributed by atoms with Crippen LogP contribution < -0.4 is 5.32 Å². The van der Waals surface area contributed by atoms with Gasteiger partial charge in [0.05, 0.1) is 12.1 Å². The molecule has 0 spiro atoms. The van der Waals surface area contributed by atoms with E-state index in [4.69, 9.17) is 4.74 Å². The third kappa shape index (κ3) is 3.58. The highest BCUT2D eigenvalue weighted by atomic mass is 79.9. The Morgan fingerprint density at radius 1 is 1.50 bits per heavy atom. The van der Waals surface area contributed by atoms with Crippen molar-refractivity contribution in [1.82, 2.24) is 5.32 Å². The van der Waals surface area contributed by atoms with Gasteiger partial charge in [0, 0.05) is 18.9 Å². The van der Waals surface area contributed by atoms with Crippen molar-refractivity contribution >= 4 is 21.8 Å². The highest BCUT2D eigenvalue weighted by Crippen LogP contribution is 2.22. The molecule has 1 aliphatic rings. The predicted molar refractivity (Wildman–Crippen MR) is 59.6 cm³/mol. The summed E-state index contributed by atoms with van der Waals surface area (Å²) in [5.41, 5.74) is 0. The zero-order valence-electron chi connectivity index (χ0n) is 8.59. The van der Waals surface area contributed by atoms with Crippen LogP contribution in [-0.2, 0) is 9.53 Å². The minimum absolute atomic E-state index is 0.165. The second-order valence-electron chi connectivity index (χ2n) is 3.67. The Labute approximate surface area is 93.7 Å². The lowest BCUT2D eigenvalue weighted by atomic mass is 9.89. The highest BCUT2D eigenvalue weighted by molar-refractivity contribution is 9.09. The van der Waals surface area contributed by atoms with Crippen LogP contribution in [0.3, 0.4) is 0 Å². The Kier molecular flexibility index (Phi) is 5.48. The van der Waals surface area contributed by atoms with E-state index in [2.05, 4.69) is 21.2 Å². The Balaban J connectivity index is 2.08. The zero-order valence-corrected chi connectivity index (χ0v) is 10.2. The highest BCUT2D eigenvalue weighted by Gasteiger charge is 2.31. The minimum atomic E-state index is 0.165. The molecule has 4 heteroatoms. The largest absolute Gasteiger partial charge is 0.379 e. The number of hydrogen-bond acceptors (Lipinski definition) is 2. The Morgan fingerprint density at radius 3 is 2.79 bits per heavy atom. The molecule has 0 radical (unpaired) electrons. The minimum Gasteiger partial charge on any atom is -0.379 e. The van der Waals surface area contributed by atoms with Gasteiger partial charge in [-0.25, -0.2) is 0 Å². The molecule has 0 aromatic rings. The average Bonchev–Trinajstić information content (AvgIpc) is 2.14. The zero-order chi connectivity index (χ0) is 10.4. The molecule has 1 amide bonds. The summed E-state index contributed by atoms with van der Waals surface area (Å²) in [5.74, 6) is 0.165. The number of carbonyl (C=O) groups is 1. The molecule has 1 N–H and O–H groups in total. The van der Waals surface area contributed by atoms with Crippen molar-refractivity contribution in [2.45, 2.75) is 44.2 Å². The summed E-state index contributed by atoms with van der Waals surface area (Å²) in [6.45, 7) is 0. The van der Waals surface area contributed by atoms with Gasteiger partial charge in [0.25, 0.3) is 0 Å². The Hall–Kier alpha value is -0.0900. The van der Waals surface area contributed by atoms with Crippen LogP contribution in [-0.4, -0.2) is 30.5 Å². The van der Waals surface area contributed by atoms with Crippen molar-refractivity contribution in [3.8, 4) is 0 Å². The second-order valence-corrected chi connectivity index (χ2v) is 4.46. The second kappa shape index (κ2) is 6.40. The van der Waals surface area contributed by atoms with Crippen molar-refractivity contribution in [1.29, 1.82) is 0 Å². The normalized spacial score (nSPS) is 25.6. The number of carbonyl (C=O) groups excluding carboxylic acids is 1. The molecule has 2 unspecified atom stereocenters. The molecule has 3 nitrogen and oxygen atoms in total. The van der Waals surface area contributed by atoms with Crippen LogP contribution in [0.15, 0.2) is 0 Å². The van der Waals surface area contributed by atoms with Gasteiger partial charge < -0.3 is 10.1 Å². The maximum Gasteiger partial charge on any atom is 0.220 e. The fraction of sp³-hybridized carbons (Fsp3) is 0.900. The summed E-state index contributed by atoms with van der Waals surface area (Å²) in [5, 5.41) is 3.97. The van der Waals surface area contributed by atoms with Crippen molar-refractivity contribution in [3.63, 3.8) is 0 Å². The number of hydrogen-bond donors (Lipinski definition) is 1. The number of nitrogens with one attached hydrogen (secondary N) is 1. The fourth-order valence-electron chi connectivity index (χ4n) is 1.58. The van der Waals surface area contributed by atoms with E-state index >= 15 is 0 Å². The number of methoxy groups -OCH3 is 1. The van der Waals surface area contributed by atoms with E-state index in [1.54, 1.807) is 7.11 Å². The molecule has 14 heavy (non-hydrogen) atoms. The maximum atomic E-state index is 11.4. The fourth-order valence-corrected chi connectivity index (χ4v) is 1.97. The van der Waals surface area contributed by atoms with Crippen LogP contribution in [0, 0.1) is 0 Å². The van der Waals surface area contributed by atoms with Gasteiger partial charge in [-0.05, 0) is 25.7 Å². The topological polar surface area (TPSA) is 38.3 Å². The molecule has 2 atom stereocenters. The molecule has 0 bridgehead atoms.